The van der Waals surface area contributed by atoms with Gasteiger partial charge in [-0.05, 0) is 12.0 Å². The Morgan fingerprint density at radius 1 is 1.29 bits per heavy atom. The Kier molecular flexibility index (Phi) is 6.45. The fourth-order valence-electron chi connectivity index (χ4n) is 1.60. The van der Waals surface area contributed by atoms with Crippen molar-refractivity contribution in [2.75, 3.05) is 14.2 Å². The van der Waals surface area contributed by atoms with E-state index in [1.807, 2.05) is 0 Å². The number of rotatable bonds is 6. The van der Waals surface area contributed by atoms with Crippen molar-refractivity contribution in [1.82, 2.24) is 10.3 Å². The Balaban J connectivity index is 2.54. The highest BCUT2D eigenvalue weighted by atomic mass is 16.6. The van der Waals surface area contributed by atoms with Gasteiger partial charge in [-0.2, -0.15) is 0 Å². The van der Waals surface area contributed by atoms with Crippen LogP contribution >= 0.6 is 0 Å². The number of nitrogens with one attached hydrogen (secondary N) is 1. The second-order valence-electron chi connectivity index (χ2n) is 4.70. The highest BCUT2D eigenvalue weighted by molar-refractivity contribution is 5.81. The van der Waals surface area contributed by atoms with Crippen molar-refractivity contribution in [1.29, 1.82) is 0 Å². The van der Waals surface area contributed by atoms with Gasteiger partial charge in [-0.25, -0.2) is 9.59 Å². The molecule has 1 amide bonds. The number of carbonyl (C=O) groups is 2. The SMILES string of the molecule is COC(=O)[C@@H](NC(=O)OCc1cncc(OC)c1)C(C)C. The molecule has 0 saturated heterocycles. The third-order valence-corrected chi connectivity index (χ3v) is 2.77. The predicted octanol–water partition coefficient (Wildman–Crippen LogP) is 1.51. The molecule has 0 radical (unpaired) electrons. The second kappa shape index (κ2) is 8.08. The highest BCUT2D eigenvalue weighted by Gasteiger charge is 2.25. The van der Waals surface area contributed by atoms with Crippen molar-refractivity contribution in [3.63, 3.8) is 0 Å². The lowest BCUT2D eigenvalue weighted by Gasteiger charge is -2.19. The topological polar surface area (TPSA) is 86.8 Å². The van der Waals surface area contributed by atoms with E-state index in [9.17, 15) is 9.59 Å². The van der Waals surface area contributed by atoms with Gasteiger partial charge >= 0.3 is 12.1 Å². The molecule has 0 fully saturated rings. The van der Waals surface area contributed by atoms with Crippen LogP contribution in [0.4, 0.5) is 4.79 Å². The molecule has 1 aromatic heterocycles. The molecule has 1 rings (SSSR count). The molecule has 0 aliphatic rings. The number of nitrogens with zero attached hydrogens (tertiary/aromatic N) is 1. The first kappa shape index (κ1) is 16.7. The normalized spacial score (nSPS) is 11.7. The monoisotopic (exact) mass is 296 g/mol. The van der Waals surface area contributed by atoms with Crippen molar-refractivity contribution >= 4 is 12.1 Å². The summed E-state index contributed by atoms with van der Waals surface area (Å²) >= 11 is 0. The second-order valence-corrected chi connectivity index (χ2v) is 4.70. The van der Waals surface area contributed by atoms with Crippen LogP contribution in [0.2, 0.25) is 0 Å². The van der Waals surface area contributed by atoms with Crippen molar-refractivity contribution < 1.29 is 23.8 Å². The third-order valence-electron chi connectivity index (χ3n) is 2.77. The average Bonchev–Trinajstić information content (AvgIpc) is 2.49. The molecule has 0 bridgehead atoms. The van der Waals surface area contributed by atoms with Crippen LogP contribution in [0.15, 0.2) is 18.5 Å². The summed E-state index contributed by atoms with van der Waals surface area (Å²) in [6.45, 7) is 3.63. The minimum absolute atomic E-state index is 0.0298. The summed E-state index contributed by atoms with van der Waals surface area (Å²) in [4.78, 5) is 27.2. The Morgan fingerprint density at radius 2 is 2.00 bits per heavy atom. The lowest BCUT2D eigenvalue weighted by molar-refractivity contribution is -0.144. The summed E-state index contributed by atoms with van der Waals surface area (Å²) in [5, 5.41) is 2.48. The fourth-order valence-corrected chi connectivity index (χ4v) is 1.60. The zero-order valence-corrected chi connectivity index (χ0v) is 12.6. The zero-order valence-electron chi connectivity index (χ0n) is 12.6. The Hall–Kier alpha value is -2.31. The lowest BCUT2D eigenvalue weighted by atomic mass is 10.1. The molecular weight excluding hydrogens is 276 g/mol. The van der Waals surface area contributed by atoms with Gasteiger partial charge in [-0.1, -0.05) is 13.8 Å². The smallest absolute Gasteiger partial charge is 0.408 e. The number of methoxy groups -OCH3 is 2. The Morgan fingerprint density at radius 3 is 2.57 bits per heavy atom. The Labute approximate surface area is 123 Å². The average molecular weight is 296 g/mol. The molecular formula is C14H20N2O5. The van der Waals surface area contributed by atoms with Crippen molar-refractivity contribution in [3.05, 3.63) is 24.0 Å². The molecule has 0 aliphatic carbocycles. The van der Waals surface area contributed by atoms with E-state index in [0.717, 1.165) is 0 Å². The number of carbonyl (C=O) groups excluding carboxylic acids is 2. The van der Waals surface area contributed by atoms with Crippen LogP contribution in [-0.4, -0.2) is 37.3 Å². The molecule has 1 heterocycles. The molecule has 7 nitrogen and oxygen atoms in total. The number of aromatic nitrogens is 1. The highest BCUT2D eigenvalue weighted by Crippen LogP contribution is 2.11. The first-order valence-electron chi connectivity index (χ1n) is 6.47. The fraction of sp³-hybridized carbons (Fsp3) is 0.500. The summed E-state index contributed by atoms with van der Waals surface area (Å²) in [5.41, 5.74) is 0.684. The molecule has 0 spiro atoms. The maximum absolute atomic E-state index is 11.7. The number of ether oxygens (including phenoxy) is 3. The summed E-state index contributed by atoms with van der Waals surface area (Å²) in [6, 6.07) is 0.964. The van der Waals surface area contributed by atoms with Crippen molar-refractivity contribution in [2.24, 2.45) is 5.92 Å². The van der Waals surface area contributed by atoms with Crippen LogP contribution < -0.4 is 10.1 Å². The van der Waals surface area contributed by atoms with Crippen LogP contribution in [0.3, 0.4) is 0 Å². The minimum atomic E-state index is -0.745. The van der Waals surface area contributed by atoms with E-state index in [2.05, 4.69) is 15.0 Å². The van der Waals surface area contributed by atoms with E-state index in [1.165, 1.54) is 14.2 Å². The van der Waals surface area contributed by atoms with Crippen LogP contribution in [0.5, 0.6) is 5.75 Å². The van der Waals surface area contributed by atoms with Gasteiger partial charge in [0.15, 0.2) is 0 Å². The van der Waals surface area contributed by atoms with E-state index < -0.39 is 18.1 Å². The summed E-state index contributed by atoms with van der Waals surface area (Å²) in [5.74, 6) is -0.0420. The number of amides is 1. The molecule has 0 unspecified atom stereocenters. The van der Waals surface area contributed by atoms with E-state index in [1.54, 1.807) is 32.3 Å². The summed E-state index contributed by atoms with van der Waals surface area (Å²) in [6.07, 6.45) is 2.42. The molecule has 116 valence electrons. The maximum Gasteiger partial charge on any atom is 0.408 e. The van der Waals surface area contributed by atoms with Crippen molar-refractivity contribution in [2.45, 2.75) is 26.5 Å². The molecule has 0 aliphatic heterocycles. The number of hydrogen-bond acceptors (Lipinski definition) is 6. The van der Waals surface area contributed by atoms with E-state index in [4.69, 9.17) is 9.47 Å². The first-order chi connectivity index (χ1) is 9.97. The largest absolute Gasteiger partial charge is 0.495 e. The molecule has 1 aromatic rings. The molecule has 1 N–H and O–H groups in total. The van der Waals surface area contributed by atoms with Crippen LogP contribution in [0.1, 0.15) is 19.4 Å². The van der Waals surface area contributed by atoms with Crippen LogP contribution in [-0.2, 0) is 20.9 Å². The zero-order chi connectivity index (χ0) is 15.8. The van der Waals surface area contributed by atoms with Crippen molar-refractivity contribution in [3.8, 4) is 5.75 Å². The standard InChI is InChI=1S/C14H20N2O5/c1-9(2)12(13(17)20-4)16-14(18)21-8-10-5-11(19-3)7-15-6-10/h5-7,9,12H,8H2,1-4H3,(H,16,18)/t12-/m0/s1. The van der Waals surface area contributed by atoms with Crippen LogP contribution in [0, 0.1) is 5.92 Å². The molecule has 7 heteroatoms. The third kappa shape index (κ3) is 5.29. The van der Waals surface area contributed by atoms with Gasteiger partial charge in [0, 0.05) is 11.8 Å². The van der Waals surface area contributed by atoms with Gasteiger partial charge < -0.3 is 19.5 Å². The van der Waals surface area contributed by atoms with Gasteiger partial charge in [-0.3, -0.25) is 4.98 Å². The van der Waals surface area contributed by atoms with Gasteiger partial charge in [-0.15, -0.1) is 0 Å². The van der Waals surface area contributed by atoms with E-state index >= 15 is 0 Å². The predicted molar refractivity (Wildman–Crippen MR) is 74.8 cm³/mol. The number of esters is 1. The van der Waals surface area contributed by atoms with Crippen LogP contribution in [0.25, 0.3) is 0 Å². The van der Waals surface area contributed by atoms with Gasteiger partial charge in [0.05, 0.1) is 20.4 Å². The molecule has 0 aromatic carbocycles. The van der Waals surface area contributed by atoms with Gasteiger partial charge in [0.1, 0.15) is 18.4 Å². The Bertz CT molecular complexity index is 490. The minimum Gasteiger partial charge on any atom is -0.495 e. The van der Waals surface area contributed by atoms with E-state index in [-0.39, 0.29) is 12.5 Å². The molecule has 21 heavy (non-hydrogen) atoms. The number of alkyl carbamates (subject to hydrolysis) is 1. The maximum atomic E-state index is 11.7. The quantitative estimate of drug-likeness (QED) is 0.801. The van der Waals surface area contributed by atoms with Gasteiger partial charge in [0.2, 0.25) is 0 Å². The number of pyridine rings is 1. The first-order valence-corrected chi connectivity index (χ1v) is 6.47. The van der Waals surface area contributed by atoms with Gasteiger partial charge in [0.25, 0.3) is 0 Å². The van der Waals surface area contributed by atoms with E-state index in [0.29, 0.717) is 11.3 Å². The molecule has 1 atom stereocenters. The number of hydrogen-bond donors (Lipinski definition) is 1. The lowest BCUT2D eigenvalue weighted by Crippen LogP contribution is -2.45. The molecule has 0 saturated carbocycles. The summed E-state index contributed by atoms with van der Waals surface area (Å²) < 4.78 is 14.7. The summed E-state index contributed by atoms with van der Waals surface area (Å²) in [7, 11) is 2.80.